The quantitative estimate of drug-likeness (QED) is 0.886. The molecule has 0 unspecified atom stereocenters. The first kappa shape index (κ1) is 12.7. The van der Waals surface area contributed by atoms with E-state index in [2.05, 4.69) is 44.4 Å². The van der Waals surface area contributed by atoms with Crippen molar-refractivity contribution in [2.45, 2.75) is 12.8 Å². The molecular formula is C14H23N5. The van der Waals surface area contributed by atoms with E-state index in [1.165, 1.54) is 12.8 Å². The van der Waals surface area contributed by atoms with Gasteiger partial charge in [-0.2, -0.15) is 0 Å². The van der Waals surface area contributed by atoms with E-state index >= 15 is 0 Å². The van der Waals surface area contributed by atoms with E-state index in [-0.39, 0.29) is 0 Å². The average Bonchev–Trinajstić information content (AvgIpc) is 2.96. The van der Waals surface area contributed by atoms with Gasteiger partial charge < -0.3 is 15.2 Å². The van der Waals surface area contributed by atoms with Crippen LogP contribution in [0.25, 0.3) is 0 Å². The molecule has 2 aliphatic rings. The lowest BCUT2D eigenvalue weighted by molar-refractivity contribution is 0.179. The number of anilines is 2. The summed E-state index contributed by atoms with van der Waals surface area (Å²) in [7, 11) is 2.18. The molecule has 0 spiro atoms. The summed E-state index contributed by atoms with van der Waals surface area (Å²) < 4.78 is 0. The second kappa shape index (κ2) is 5.75. The van der Waals surface area contributed by atoms with Crippen LogP contribution in [0.5, 0.6) is 0 Å². The lowest BCUT2D eigenvalue weighted by atomic mass is 10.3. The average molecular weight is 261 g/mol. The number of piperazine rings is 1. The van der Waals surface area contributed by atoms with Crippen molar-refractivity contribution < 1.29 is 0 Å². The normalized spacial score (nSPS) is 21.8. The fourth-order valence-electron chi connectivity index (χ4n) is 2.71. The summed E-state index contributed by atoms with van der Waals surface area (Å²) in [5, 5.41) is 2.29. The summed E-state index contributed by atoms with van der Waals surface area (Å²) in [5.41, 5.74) is 4.66. The van der Waals surface area contributed by atoms with Crippen molar-refractivity contribution in [3.05, 3.63) is 18.3 Å². The second-order valence-corrected chi connectivity index (χ2v) is 5.50. The summed E-state index contributed by atoms with van der Waals surface area (Å²) in [6.07, 6.45) is 4.49. The molecule has 0 atom stereocenters. The van der Waals surface area contributed by atoms with Gasteiger partial charge >= 0.3 is 0 Å². The minimum absolute atomic E-state index is 1.07. The van der Waals surface area contributed by atoms with Crippen LogP contribution in [-0.2, 0) is 0 Å². The second-order valence-electron chi connectivity index (χ2n) is 5.50. The third-order valence-electron chi connectivity index (χ3n) is 3.97. The van der Waals surface area contributed by atoms with Gasteiger partial charge in [0, 0.05) is 51.5 Å². The van der Waals surface area contributed by atoms with Crippen LogP contribution >= 0.6 is 0 Å². The molecule has 3 heterocycles. The van der Waals surface area contributed by atoms with Gasteiger partial charge in [-0.1, -0.05) is 0 Å². The molecule has 0 radical (unpaired) electrons. The van der Waals surface area contributed by atoms with Crippen LogP contribution in [0.4, 0.5) is 11.5 Å². The zero-order valence-electron chi connectivity index (χ0n) is 11.7. The molecule has 5 nitrogen and oxygen atoms in total. The topological polar surface area (TPSA) is 34.6 Å². The largest absolute Gasteiger partial charge is 0.357 e. The van der Waals surface area contributed by atoms with Gasteiger partial charge in [0.25, 0.3) is 0 Å². The minimum Gasteiger partial charge on any atom is -0.357 e. The molecule has 2 fully saturated rings. The van der Waals surface area contributed by atoms with Gasteiger partial charge in [0.2, 0.25) is 0 Å². The molecule has 0 aliphatic carbocycles. The fourth-order valence-corrected chi connectivity index (χ4v) is 2.71. The molecular weight excluding hydrogens is 238 g/mol. The van der Waals surface area contributed by atoms with Crippen LogP contribution in [0.15, 0.2) is 18.3 Å². The summed E-state index contributed by atoms with van der Waals surface area (Å²) in [4.78, 5) is 9.22. The van der Waals surface area contributed by atoms with E-state index in [1.54, 1.807) is 0 Å². The Morgan fingerprint density at radius 3 is 2.53 bits per heavy atom. The first-order valence-electron chi connectivity index (χ1n) is 7.22. The Morgan fingerprint density at radius 1 is 1.05 bits per heavy atom. The van der Waals surface area contributed by atoms with Crippen LogP contribution < -0.4 is 10.3 Å². The third-order valence-corrected chi connectivity index (χ3v) is 3.97. The SMILES string of the molecule is CN1CCN(Nc2ccnc(N3CCCC3)c2)CC1. The van der Waals surface area contributed by atoms with E-state index < -0.39 is 0 Å². The fraction of sp³-hybridized carbons (Fsp3) is 0.643. The minimum atomic E-state index is 1.07. The molecule has 5 heteroatoms. The Labute approximate surface area is 115 Å². The maximum absolute atomic E-state index is 4.49. The molecule has 1 aromatic rings. The lowest BCUT2D eigenvalue weighted by Gasteiger charge is -2.33. The molecule has 1 aromatic heterocycles. The number of hydrazine groups is 1. The van der Waals surface area contributed by atoms with E-state index in [4.69, 9.17) is 0 Å². The van der Waals surface area contributed by atoms with Gasteiger partial charge in [-0.15, -0.1) is 0 Å². The highest BCUT2D eigenvalue weighted by atomic mass is 15.5. The zero-order valence-corrected chi connectivity index (χ0v) is 11.7. The number of rotatable bonds is 3. The molecule has 0 bridgehead atoms. The summed E-state index contributed by atoms with van der Waals surface area (Å²) in [6, 6.07) is 4.22. The standard InChI is InChI=1S/C14H23N5/c1-17-8-10-19(11-9-17)16-13-4-5-15-14(12-13)18-6-2-3-7-18/h4-5,12H,2-3,6-11H2,1H3,(H,15,16). The molecule has 2 aliphatic heterocycles. The summed E-state index contributed by atoms with van der Waals surface area (Å²) >= 11 is 0. The van der Waals surface area contributed by atoms with Crippen molar-refractivity contribution in [3.8, 4) is 0 Å². The first-order chi connectivity index (χ1) is 9.31. The summed E-state index contributed by atoms with van der Waals surface area (Å²) in [5.74, 6) is 1.11. The maximum atomic E-state index is 4.49. The third kappa shape index (κ3) is 3.16. The number of hydrogen-bond donors (Lipinski definition) is 1. The Bertz CT molecular complexity index is 408. The van der Waals surface area contributed by atoms with Crippen molar-refractivity contribution in [3.63, 3.8) is 0 Å². The summed E-state index contributed by atoms with van der Waals surface area (Å²) in [6.45, 7) is 6.67. The molecule has 2 saturated heterocycles. The Balaban J connectivity index is 1.62. The number of aromatic nitrogens is 1. The van der Waals surface area contributed by atoms with E-state index in [0.29, 0.717) is 0 Å². The molecule has 3 rings (SSSR count). The van der Waals surface area contributed by atoms with Gasteiger partial charge in [0.1, 0.15) is 5.82 Å². The van der Waals surface area contributed by atoms with Crippen LogP contribution in [0.1, 0.15) is 12.8 Å². The first-order valence-corrected chi connectivity index (χ1v) is 7.22. The number of nitrogens with zero attached hydrogens (tertiary/aromatic N) is 4. The maximum Gasteiger partial charge on any atom is 0.130 e. The Hall–Kier alpha value is -1.33. The van der Waals surface area contributed by atoms with Gasteiger partial charge in [-0.25, -0.2) is 9.99 Å². The van der Waals surface area contributed by atoms with Crippen molar-refractivity contribution in [1.29, 1.82) is 0 Å². The number of pyridine rings is 1. The molecule has 0 saturated carbocycles. The Morgan fingerprint density at radius 2 is 1.79 bits per heavy atom. The Kier molecular flexibility index (Phi) is 3.84. The molecule has 1 N–H and O–H groups in total. The smallest absolute Gasteiger partial charge is 0.130 e. The highest BCUT2D eigenvalue weighted by Crippen LogP contribution is 2.21. The zero-order chi connectivity index (χ0) is 13.1. The molecule has 0 amide bonds. The van der Waals surface area contributed by atoms with E-state index in [9.17, 15) is 0 Å². The van der Waals surface area contributed by atoms with Gasteiger partial charge in [-0.3, -0.25) is 0 Å². The number of hydrogen-bond acceptors (Lipinski definition) is 5. The molecule has 19 heavy (non-hydrogen) atoms. The van der Waals surface area contributed by atoms with Crippen LogP contribution in [0.2, 0.25) is 0 Å². The number of likely N-dealkylation sites (N-methyl/N-ethyl adjacent to an activating group) is 1. The molecule has 0 aromatic carbocycles. The number of nitrogens with one attached hydrogen (secondary N) is 1. The van der Waals surface area contributed by atoms with Crippen molar-refractivity contribution in [2.24, 2.45) is 0 Å². The van der Waals surface area contributed by atoms with Crippen molar-refractivity contribution in [2.75, 3.05) is 56.6 Å². The van der Waals surface area contributed by atoms with Crippen LogP contribution in [0.3, 0.4) is 0 Å². The van der Waals surface area contributed by atoms with Gasteiger partial charge in [0.05, 0.1) is 5.69 Å². The highest BCUT2D eigenvalue weighted by molar-refractivity contribution is 5.53. The van der Waals surface area contributed by atoms with Crippen LogP contribution in [0, 0.1) is 0 Å². The van der Waals surface area contributed by atoms with Crippen molar-refractivity contribution in [1.82, 2.24) is 14.9 Å². The van der Waals surface area contributed by atoms with Crippen molar-refractivity contribution >= 4 is 11.5 Å². The van der Waals surface area contributed by atoms with Crippen LogP contribution in [-0.4, -0.2) is 61.2 Å². The lowest BCUT2D eigenvalue weighted by Crippen LogP contribution is -2.46. The van der Waals surface area contributed by atoms with Gasteiger partial charge in [-0.05, 0) is 26.0 Å². The van der Waals surface area contributed by atoms with E-state index in [0.717, 1.165) is 50.8 Å². The van der Waals surface area contributed by atoms with Gasteiger partial charge in [0.15, 0.2) is 0 Å². The predicted molar refractivity (Wildman–Crippen MR) is 78.4 cm³/mol. The molecule has 104 valence electrons. The monoisotopic (exact) mass is 261 g/mol. The highest BCUT2D eigenvalue weighted by Gasteiger charge is 2.16. The van der Waals surface area contributed by atoms with E-state index in [1.807, 2.05) is 6.20 Å². The predicted octanol–water partition coefficient (Wildman–Crippen LogP) is 1.26.